The van der Waals surface area contributed by atoms with Gasteiger partial charge in [-0.05, 0) is 36.8 Å². The lowest BCUT2D eigenvalue weighted by Crippen LogP contribution is -2.31. The van der Waals surface area contributed by atoms with Crippen molar-refractivity contribution in [3.05, 3.63) is 86.2 Å². The largest absolute Gasteiger partial charge is 0.503 e. The number of thiazole rings is 1. The molecule has 4 aromatic rings. The molecular formula is C24H16Cl2N2O5S. The van der Waals surface area contributed by atoms with Gasteiger partial charge in [0.15, 0.2) is 28.0 Å². The van der Waals surface area contributed by atoms with Crippen molar-refractivity contribution >= 4 is 62.3 Å². The summed E-state index contributed by atoms with van der Waals surface area (Å²) in [6, 6.07) is 10.6. The van der Waals surface area contributed by atoms with Gasteiger partial charge in [0.2, 0.25) is 5.78 Å². The molecule has 0 aliphatic carbocycles. The average molecular weight is 515 g/mol. The minimum absolute atomic E-state index is 0.0453. The topological polar surface area (TPSA) is 92.9 Å². The van der Waals surface area contributed by atoms with Crippen LogP contribution in [0.15, 0.2) is 63.6 Å². The number of hydrogen-bond acceptors (Lipinski definition) is 7. The van der Waals surface area contributed by atoms with Gasteiger partial charge in [0, 0.05) is 10.8 Å². The van der Waals surface area contributed by atoms with Gasteiger partial charge in [-0.3, -0.25) is 14.5 Å². The zero-order valence-electron chi connectivity index (χ0n) is 17.8. The summed E-state index contributed by atoms with van der Waals surface area (Å²) < 4.78 is 11.1. The summed E-state index contributed by atoms with van der Waals surface area (Å²) in [4.78, 5) is 32.5. The van der Waals surface area contributed by atoms with Crippen molar-refractivity contribution in [2.45, 2.75) is 13.0 Å². The number of nitrogens with zero attached hydrogens (tertiary/aromatic N) is 2. The SMILES string of the molecule is COc1cccc2cc(C(=O)C3=C(O)C(=O)N(c4nc(C)cs4)C3c3ccc(Cl)c(Cl)c3)oc12. The van der Waals surface area contributed by atoms with Crippen LogP contribution >= 0.6 is 34.5 Å². The Labute approximate surface area is 207 Å². The van der Waals surface area contributed by atoms with Crippen molar-refractivity contribution in [3.63, 3.8) is 0 Å². The van der Waals surface area contributed by atoms with Crippen LogP contribution in [0.4, 0.5) is 5.13 Å². The fraction of sp³-hybridized carbons (Fsp3) is 0.125. The van der Waals surface area contributed by atoms with Gasteiger partial charge < -0.3 is 14.3 Å². The summed E-state index contributed by atoms with van der Waals surface area (Å²) in [7, 11) is 1.50. The van der Waals surface area contributed by atoms with Gasteiger partial charge in [-0.1, -0.05) is 41.4 Å². The highest BCUT2D eigenvalue weighted by atomic mass is 35.5. The number of aliphatic hydroxyl groups excluding tert-OH is 1. The summed E-state index contributed by atoms with van der Waals surface area (Å²) in [5, 5.41) is 14.2. The Morgan fingerprint density at radius 3 is 2.68 bits per heavy atom. The molecule has 0 bridgehead atoms. The Kier molecular flexibility index (Phi) is 5.59. The van der Waals surface area contributed by atoms with Crippen LogP contribution < -0.4 is 9.64 Å². The van der Waals surface area contributed by atoms with Gasteiger partial charge in [-0.15, -0.1) is 11.3 Å². The molecule has 3 heterocycles. The first-order chi connectivity index (χ1) is 16.3. The number of carbonyl (C=O) groups is 2. The molecule has 172 valence electrons. The van der Waals surface area contributed by atoms with E-state index < -0.39 is 23.5 Å². The first-order valence-corrected chi connectivity index (χ1v) is 11.7. The summed E-state index contributed by atoms with van der Waals surface area (Å²) in [6.07, 6.45) is 0. The van der Waals surface area contributed by atoms with Crippen LogP contribution in [-0.2, 0) is 4.79 Å². The number of rotatable bonds is 5. The van der Waals surface area contributed by atoms with Crippen molar-refractivity contribution in [1.29, 1.82) is 0 Å². The second-order valence-electron chi connectivity index (χ2n) is 7.60. The number of aryl methyl sites for hydroxylation is 1. The lowest BCUT2D eigenvalue weighted by molar-refractivity contribution is -0.117. The Morgan fingerprint density at radius 1 is 1.21 bits per heavy atom. The Morgan fingerprint density at radius 2 is 2.00 bits per heavy atom. The molecule has 1 atom stereocenters. The van der Waals surface area contributed by atoms with E-state index in [9.17, 15) is 14.7 Å². The number of Topliss-reactive ketones (excluding diaryl/α,β-unsaturated/α-hetero) is 1. The molecule has 1 aliphatic rings. The van der Waals surface area contributed by atoms with Crippen LogP contribution in [0.5, 0.6) is 5.75 Å². The number of hydrogen-bond donors (Lipinski definition) is 1. The second kappa shape index (κ2) is 8.47. The van der Waals surface area contributed by atoms with E-state index in [0.29, 0.717) is 38.1 Å². The van der Waals surface area contributed by atoms with Crippen molar-refractivity contribution in [2.24, 2.45) is 0 Å². The summed E-state index contributed by atoms with van der Waals surface area (Å²) in [5.41, 5.74) is 1.42. The second-order valence-corrected chi connectivity index (χ2v) is 9.25. The van der Waals surface area contributed by atoms with E-state index in [1.54, 1.807) is 54.8 Å². The summed E-state index contributed by atoms with van der Waals surface area (Å²) in [6.45, 7) is 1.79. The van der Waals surface area contributed by atoms with Crippen LogP contribution in [0.1, 0.15) is 27.9 Å². The number of anilines is 1. The number of aromatic nitrogens is 1. The molecular weight excluding hydrogens is 499 g/mol. The molecule has 34 heavy (non-hydrogen) atoms. The van der Waals surface area contributed by atoms with E-state index >= 15 is 0 Å². The summed E-state index contributed by atoms with van der Waals surface area (Å²) >= 11 is 13.6. The molecule has 2 aromatic carbocycles. The van der Waals surface area contributed by atoms with Crippen LogP contribution in [0.3, 0.4) is 0 Å². The number of ether oxygens (including phenoxy) is 1. The van der Waals surface area contributed by atoms with Crippen molar-refractivity contribution < 1.29 is 23.8 Å². The Hall–Kier alpha value is -3.33. The van der Waals surface area contributed by atoms with Gasteiger partial charge in [-0.25, -0.2) is 4.98 Å². The number of carbonyl (C=O) groups excluding carboxylic acids is 2. The maximum Gasteiger partial charge on any atom is 0.296 e. The number of para-hydroxylation sites is 1. The molecule has 5 rings (SSSR count). The van der Waals surface area contributed by atoms with Crippen LogP contribution in [-0.4, -0.2) is 28.9 Å². The fourth-order valence-electron chi connectivity index (χ4n) is 3.93. The number of amides is 1. The number of ketones is 1. The third-order valence-electron chi connectivity index (χ3n) is 5.48. The number of methoxy groups -OCH3 is 1. The van der Waals surface area contributed by atoms with Gasteiger partial charge >= 0.3 is 0 Å². The molecule has 7 nitrogen and oxygen atoms in total. The molecule has 1 unspecified atom stereocenters. The van der Waals surface area contributed by atoms with Gasteiger partial charge in [-0.2, -0.15) is 0 Å². The van der Waals surface area contributed by atoms with Crippen LogP contribution in [0.25, 0.3) is 11.0 Å². The van der Waals surface area contributed by atoms with Crippen molar-refractivity contribution in [1.82, 2.24) is 4.98 Å². The van der Waals surface area contributed by atoms with E-state index in [1.165, 1.54) is 23.3 Å². The van der Waals surface area contributed by atoms with Gasteiger partial charge in [0.25, 0.3) is 5.91 Å². The highest BCUT2D eigenvalue weighted by molar-refractivity contribution is 7.14. The fourth-order valence-corrected chi connectivity index (χ4v) is 5.06. The standard InChI is InChI=1S/C24H16Cl2N2O5S/c1-11-10-34-24(27-11)28-19(12-6-7-14(25)15(26)8-12)18(21(30)23(28)31)20(29)17-9-13-4-3-5-16(32-2)22(13)33-17/h3-10,19,30H,1-2H3. The number of benzene rings is 2. The normalized spacial score (nSPS) is 16.1. The smallest absolute Gasteiger partial charge is 0.296 e. The lowest BCUT2D eigenvalue weighted by atomic mass is 9.95. The van der Waals surface area contributed by atoms with Gasteiger partial charge in [0.1, 0.15) is 0 Å². The minimum Gasteiger partial charge on any atom is -0.503 e. The quantitative estimate of drug-likeness (QED) is 0.314. The molecule has 1 N–H and O–H groups in total. The zero-order valence-corrected chi connectivity index (χ0v) is 20.2. The first kappa shape index (κ1) is 22.5. The maximum absolute atomic E-state index is 13.7. The van der Waals surface area contributed by atoms with E-state index in [0.717, 1.165) is 0 Å². The van der Waals surface area contributed by atoms with Crippen molar-refractivity contribution in [3.8, 4) is 5.75 Å². The number of fused-ring (bicyclic) bond motifs is 1. The predicted molar refractivity (Wildman–Crippen MR) is 130 cm³/mol. The highest BCUT2D eigenvalue weighted by Gasteiger charge is 2.46. The summed E-state index contributed by atoms with van der Waals surface area (Å²) in [5.74, 6) is -1.66. The maximum atomic E-state index is 13.7. The molecule has 0 saturated carbocycles. The first-order valence-electron chi connectivity index (χ1n) is 10.0. The van der Waals surface area contributed by atoms with Crippen molar-refractivity contribution in [2.75, 3.05) is 12.0 Å². The molecule has 10 heteroatoms. The number of furan rings is 1. The van der Waals surface area contributed by atoms with E-state index in [2.05, 4.69) is 4.98 Å². The highest BCUT2D eigenvalue weighted by Crippen LogP contribution is 2.44. The molecule has 1 aliphatic heterocycles. The average Bonchev–Trinajstić information content (AvgIpc) is 3.51. The van der Waals surface area contributed by atoms with Crippen LogP contribution in [0.2, 0.25) is 10.0 Å². The van der Waals surface area contributed by atoms with E-state index in [-0.39, 0.29) is 16.4 Å². The molecule has 0 saturated heterocycles. The van der Waals surface area contributed by atoms with E-state index in [4.69, 9.17) is 32.4 Å². The minimum atomic E-state index is -0.990. The molecule has 0 radical (unpaired) electrons. The third-order valence-corrected chi connectivity index (χ3v) is 7.17. The van der Waals surface area contributed by atoms with Gasteiger partial charge in [0.05, 0.1) is 34.5 Å². The third kappa shape index (κ3) is 3.55. The van der Waals surface area contributed by atoms with E-state index in [1.807, 2.05) is 0 Å². The molecule has 2 aromatic heterocycles. The van der Waals surface area contributed by atoms with Crippen LogP contribution in [0, 0.1) is 6.92 Å². The predicted octanol–water partition coefficient (Wildman–Crippen LogP) is 6.30. The Balaban J connectivity index is 1.67. The molecule has 0 spiro atoms. The Bertz CT molecular complexity index is 1510. The molecule has 0 fully saturated rings. The number of halogens is 2. The lowest BCUT2D eigenvalue weighted by Gasteiger charge is -2.24. The monoisotopic (exact) mass is 514 g/mol. The zero-order chi connectivity index (χ0) is 24.1. The number of aliphatic hydroxyl groups is 1. The molecule has 1 amide bonds.